The van der Waals surface area contributed by atoms with Gasteiger partial charge in [0.15, 0.2) is 0 Å². The van der Waals surface area contributed by atoms with E-state index in [9.17, 15) is 22.4 Å². The highest BCUT2D eigenvalue weighted by Gasteiger charge is 2.42. The van der Waals surface area contributed by atoms with Crippen LogP contribution < -0.4 is 5.32 Å². The number of fused-ring (bicyclic) bond motifs is 1. The van der Waals surface area contributed by atoms with Crippen LogP contribution in [0, 0.1) is 0 Å². The van der Waals surface area contributed by atoms with Crippen molar-refractivity contribution in [1.29, 1.82) is 0 Å². The van der Waals surface area contributed by atoms with Crippen LogP contribution in [0.4, 0.5) is 17.6 Å². The van der Waals surface area contributed by atoms with Gasteiger partial charge < -0.3 is 9.88 Å². The maximum absolute atomic E-state index is 12.7. The van der Waals surface area contributed by atoms with Crippen molar-refractivity contribution in [3.63, 3.8) is 0 Å². The van der Waals surface area contributed by atoms with Gasteiger partial charge in [0, 0.05) is 30.7 Å². The fourth-order valence-corrected chi connectivity index (χ4v) is 2.32. The molecule has 2 rings (SSSR count). The van der Waals surface area contributed by atoms with Crippen LogP contribution in [0.25, 0.3) is 10.9 Å². The van der Waals surface area contributed by atoms with Gasteiger partial charge >= 0.3 is 12.3 Å². The molecule has 22 heavy (non-hydrogen) atoms. The number of halogens is 4. The fraction of sp³-hybridized carbons (Fsp3) is 0.400. The summed E-state index contributed by atoms with van der Waals surface area (Å²) in [5, 5.41) is 3.27. The van der Waals surface area contributed by atoms with Crippen molar-refractivity contribution >= 4 is 16.8 Å². The lowest BCUT2D eigenvalue weighted by atomic mass is 10.1. The van der Waals surface area contributed by atoms with E-state index < -0.39 is 24.7 Å². The second kappa shape index (κ2) is 6.37. The quantitative estimate of drug-likeness (QED) is 0.816. The molecule has 0 atom stereocenters. The standard InChI is InChI=1S/C15H16F4N2O/c1-21-9-10(11-4-2-3-5-12(11)21)6-7-20-13(22)8-15(18,19)14(16)17/h2-5,9,14H,6-8H2,1H3,(H,20,22). The van der Waals surface area contributed by atoms with Crippen molar-refractivity contribution in [2.45, 2.75) is 25.2 Å². The summed E-state index contributed by atoms with van der Waals surface area (Å²) in [5.74, 6) is -5.37. The summed E-state index contributed by atoms with van der Waals surface area (Å²) in [7, 11) is 1.88. The molecule has 0 saturated carbocycles. The van der Waals surface area contributed by atoms with Gasteiger partial charge in [0.05, 0.1) is 6.42 Å². The number of nitrogens with zero attached hydrogens (tertiary/aromatic N) is 1. The molecule has 0 bridgehead atoms. The van der Waals surface area contributed by atoms with Crippen LogP contribution in [0.5, 0.6) is 0 Å². The molecule has 0 aliphatic rings. The normalized spacial score (nSPS) is 12.1. The Morgan fingerprint density at radius 2 is 2.00 bits per heavy atom. The lowest BCUT2D eigenvalue weighted by Crippen LogP contribution is -2.36. The molecule has 120 valence electrons. The smallest absolute Gasteiger partial charge is 0.316 e. The molecule has 0 unspecified atom stereocenters. The molecule has 1 amide bonds. The number of alkyl halides is 4. The molecule has 0 aliphatic carbocycles. The van der Waals surface area contributed by atoms with Crippen LogP contribution >= 0.6 is 0 Å². The highest BCUT2D eigenvalue weighted by molar-refractivity contribution is 5.84. The maximum atomic E-state index is 12.7. The van der Waals surface area contributed by atoms with Crippen molar-refractivity contribution < 1.29 is 22.4 Å². The molecule has 0 aliphatic heterocycles. The van der Waals surface area contributed by atoms with Gasteiger partial charge in [-0.1, -0.05) is 18.2 Å². The van der Waals surface area contributed by atoms with Gasteiger partial charge in [-0.3, -0.25) is 4.79 Å². The molecular weight excluding hydrogens is 300 g/mol. The minimum atomic E-state index is -4.29. The van der Waals surface area contributed by atoms with E-state index in [1.807, 2.05) is 42.1 Å². The molecule has 1 N–H and O–H groups in total. The maximum Gasteiger partial charge on any atom is 0.316 e. The monoisotopic (exact) mass is 316 g/mol. The van der Waals surface area contributed by atoms with Crippen LogP contribution in [-0.4, -0.2) is 29.4 Å². The van der Waals surface area contributed by atoms with Gasteiger partial charge in [0.2, 0.25) is 5.91 Å². The molecule has 0 radical (unpaired) electrons. The first-order valence-corrected chi connectivity index (χ1v) is 6.77. The number of rotatable bonds is 6. The summed E-state index contributed by atoms with van der Waals surface area (Å²) >= 11 is 0. The number of hydrogen-bond acceptors (Lipinski definition) is 1. The summed E-state index contributed by atoms with van der Waals surface area (Å²) < 4.78 is 51.4. The molecule has 7 heteroatoms. The average molecular weight is 316 g/mol. The lowest BCUT2D eigenvalue weighted by Gasteiger charge is -2.14. The summed E-state index contributed by atoms with van der Waals surface area (Å²) in [4.78, 5) is 11.3. The molecule has 1 aromatic heterocycles. The van der Waals surface area contributed by atoms with E-state index in [-0.39, 0.29) is 6.54 Å². The van der Waals surface area contributed by atoms with Gasteiger partial charge in [-0.05, 0) is 18.1 Å². The second-order valence-electron chi connectivity index (χ2n) is 5.12. The van der Waals surface area contributed by atoms with Crippen LogP contribution in [0.3, 0.4) is 0 Å². The van der Waals surface area contributed by atoms with Gasteiger partial charge in [0.1, 0.15) is 0 Å². The van der Waals surface area contributed by atoms with Crippen molar-refractivity contribution in [3.8, 4) is 0 Å². The molecule has 2 aromatic rings. The zero-order valence-corrected chi connectivity index (χ0v) is 12.0. The molecular formula is C15H16F4N2O. The summed E-state index contributed by atoms with van der Waals surface area (Å²) in [5.41, 5.74) is 1.98. The van der Waals surface area contributed by atoms with E-state index >= 15 is 0 Å². The Kier molecular flexibility index (Phi) is 4.73. The Bertz CT molecular complexity index is 667. The third kappa shape index (κ3) is 3.58. The molecule has 3 nitrogen and oxygen atoms in total. The number of nitrogens with one attached hydrogen (secondary N) is 1. The molecule has 0 fully saturated rings. The highest BCUT2D eigenvalue weighted by Crippen LogP contribution is 2.26. The molecule has 0 saturated heterocycles. The molecule has 0 spiro atoms. The lowest BCUT2D eigenvalue weighted by molar-refractivity contribution is -0.151. The topological polar surface area (TPSA) is 34.0 Å². The second-order valence-corrected chi connectivity index (χ2v) is 5.12. The van der Waals surface area contributed by atoms with Crippen molar-refractivity contribution in [2.75, 3.05) is 6.54 Å². The van der Waals surface area contributed by atoms with E-state index in [0.29, 0.717) is 6.42 Å². The predicted octanol–water partition coefficient (Wildman–Crippen LogP) is 3.13. The van der Waals surface area contributed by atoms with Crippen LogP contribution in [-0.2, 0) is 18.3 Å². The number of benzene rings is 1. The fourth-order valence-electron chi connectivity index (χ4n) is 2.32. The Hall–Kier alpha value is -2.05. The number of carbonyl (C=O) groups is 1. The van der Waals surface area contributed by atoms with Gasteiger partial charge in [-0.2, -0.15) is 8.78 Å². The van der Waals surface area contributed by atoms with E-state index in [1.165, 1.54) is 0 Å². The van der Waals surface area contributed by atoms with Crippen LogP contribution in [0.1, 0.15) is 12.0 Å². The van der Waals surface area contributed by atoms with Gasteiger partial charge in [-0.15, -0.1) is 0 Å². The SMILES string of the molecule is Cn1cc(CCNC(=O)CC(F)(F)C(F)F)c2ccccc21. The number of aromatic nitrogens is 1. The Labute approximate surface area is 124 Å². The van der Waals surface area contributed by atoms with Crippen LogP contribution in [0.2, 0.25) is 0 Å². The number of amides is 1. The van der Waals surface area contributed by atoms with E-state index in [2.05, 4.69) is 5.32 Å². The minimum absolute atomic E-state index is 0.117. The summed E-state index contributed by atoms with van der Waals surface area (Å²) in [6, 6.07) is 7.66. The Morgan fingerprint density at radius 1 is 1.32 bits per heavy atom. The van der Waals surface area contributed by atoms with Gasteiger partial charge in [0.25, 0.3) is 0 Å². The van der Waals surface area contributed by atoms with E-state index in [0.717, 1.165) is 16.5 Å². The van der Waals surface area contributed by atoms with Crippen molar-refractivity contribution in [3.05, 3.63) is 36.0 Å². The highest BCUT2D eigenvalue weighted by atomic mass is 19.3. The number of aryl methyl sites for hydroxylation is 1. The van der Waals surface area contributed by atoms with Gasteiger partial charge in [-0.25, -0.2) is 8.78 Å². The summed E-state index contributed by atoms with van der Waals surface area (Å²) in [6.45, 7) is 0.117. The predicted molar refractivity (Wildman–Crippen MR) is 75.2 cm³/mol. The molecule has 1 heterocycles. The van der Waals surface area contributed by atoms with E-state index in [1.54, 1.807) is 0 Å². The minimum Gasteiger partial charge on any atom is -0.356 e. The first-order valence-electron chi connectivity index (χ1n) is 6.77. The number of para-hydroxylation sites is 1. The third-order valence-corrected chi connectivity index (χ3v) is 3.41. The first-order chi connectivity index (χ1) is 10.3. The molecule has 1 aromatic carbocycles. The van der Waals surface area contributed by atoms with Crippen LogP contribution in [0.15, 0.2) is 30.5 Å². The third-order valence-electron chi connectivity index (χ3n) is 3.41. The Morgan fingerprint density at radius 3 is 2.68 bits per heavy atom. The largest absolute Gasteiger partial charge is 0.356 e. The van der Waals surface area contributed by atoms with Crippen molar-refractivity contribution in [2.24, 2.45) is 7.05 Å². The first kappa shape index (κ1) is 16.3. The zero-order valence-electron chi connectivity index (χ0n) is 12.0. The summed E-state index contributed by atoms with van der Waals surface area (Å²) in [6.07, 6.45) is -3.01. The Balaban J connectivity index is 1.92. The number of hydrogen-bond donors (Lipinski definition) is 1. The average Bonchev–Trinajstić information content (AvgIpc) is 2.75. The zero-order chi connectivity index (χ0) is 16.3. The number of carbonyl (C=O) groups excluding carboxylic acids is 1. The van der Waals surface area contributed by atoms with Crippen molar-refractivity contribution in [1.82, 2.24) is 9.88 Å². The van der Waals surface area contributed by atoms with E-state index in [4.69, 9.17) is 0 Å².